The van der Waals surface area contributed by atoms with Crippen LogP contribution in [0.5, 0.6) is 0 Å². The van der Waals surface area contributed by atoms with Crippen LogP contribution in [0.15, 0.2) is 12.3 Å². The number of hydrogen-bond acceptors (Lipinski definition) is 3. The molecule has 2 aliphatic rings. The SMILES string of the molecule is COCC(O)(Cc1ccn(C2CCCCC2)n1)C1CC1. The Morgan fingerprint density at radius 3 is 2.70 bits per heavy atom. The van der Waals surface area contributed by atoms with Gasteiger partial charge < -0.3 is 9.84 Å². The molecule has 3 rings (SSSR count). The summed E-state index contributed by atoms with van der Waals surface area (Å²) in [5.74, 6) is 0.391. The van der Waals surface area contributed by atoms with E-state index in [4.69, 9.17) is 9.84 Å². The van der Waals surface area contributed by atoms with Crippen LogP contribution in [0.4, 0.5) is 0 Å². The third kappa shape index (κ3) is 3.07. The van der Waals surface area contributed by atoms with E-state index in [0.29, 0.717) is 25.0 Å². The van der Waals surface area contributed by atoms with E-state index in [9.17, 15) is 5.11 Å². The zero-order valence-corrected chi connectivity index (χ0v) is 12.4. The second kappa shape index (κ2) is 5.86. The van der Waals surface area contributed by atoms with Gasteiger partial charge in [-0.2, -0.15) is 5.10 Å². The van der Waals surface area contributed by atoms with Crippen molar-refractivity contribution in [1.82, 2.24) is 9.78 Å². The molecule has 2 fully saturated rings. The fourth-order valence-electron chi connectivity index (χ4n) is 3.52. The van der Waals surface area contributed by atoms with E-state index in [1.54, 1.807) is 7.11 Å². The average Bonchev–Trinajstić information content (AvgIpc) is 3.22. The molecule has 0 saturated heterocycles. The van der Waals surface area contributed by atoms with Gasteiger partial charge in [0.25, 0.3) is 0 Å². The molecule has 1 heterocycles. The molecule has 0 aromatic carbocycles. The van der Waals surface area contributed by atoms with Gasteiger partial charge in [-0.1, -0.05) is 19.3 Å². The van der Waals surface area contributed by atoms with E-state index in [0.717, 1.165) is 18.5 Å². The summed E-state index contributed by atoms with van der Waals surface area (Å²) < 4.78 is 7.34. The second-order valence-electron chi connectivity index (χ2n) is 6.57. The van der Waals surface area contributed by atoms with Crippen molar-refractivity contribution in [1.29, 1.82) is 0 Å². The van der Waals surface area contributed by atoms with E-state index in [2.05, 4.69) is 16.9 Å². The van der Waals surface area contributed by atoms with Crippen molar-refractivity contribution >= 4 is 0 Å². The summed E-state index contributed by atoms with van der Waals surface area (Å²) in [7, 11) is 1.66. The summed E-state index contributed by atoms with van der Waals surface area (Å²) in [4.78, 5) is 0. The first-order valence-corrected chi connectivity index (χ1v) is 7.96. The topological polar surface area (TPSA) is 47.3 Å². The van der Waals surface area contributed by atoms with Gasteiger partial charge in [-0.3, -0.25) is 4.68 Å². The largest absolute Gasteiger partial charge is 0.387 e. The van der Waals surface area contributed by atoms with E-state index in [-0.39, 0.29) is 0 Å². The molecule has 4 nitrogen and oxygen atoms in total. The minimum atomic E-state index is -0.722. The van der Waals surface area contributed by atoms with Gasteiger partial charge in [0.1, 0.15) is 0 Å². The van der Waals surface area contributed by atoms with Gasteiger partial charge >= 0.3 is 0 Å². The Bertz CT molecular complexity index is 435. The zero-order chi connectivity index (χ0) is 14.0. The highest BCUT2D eigenvalue weighted by Gasteiger charge is 2.44. The maximum Gasteiger partial charge on any atom is 0.0963 e. The number of hydrogen-bond donors (Lipinski definition) is 1. The van der Waals surface area contributed by atoms with Gasteiger partial charge in [0.2, 0.25) is 0 Å². The van der Waals surface area contributed by atoms with Crippen LogP contribution in [0.3, 0.4) is 0 Å². The third-order valence-electron chi connectivity index (χ3n) is 4.83. The summed E-state index contributed by atoms with van der Waals surface area (Å²) in [6.07, 6.45) is 11.4. The summed E-state index contributed by atoms with van der Waals surface area (Å²) >= 11 is 0. The van der Waals surface area contributed by atoms with Gasteiger partial charge in [0.15, 0.2) is 0 Å². The van der Waals surface area contributed by atoms with Crippen LogP contribution in [0.1, 0.15) is 56.7 Å². The van der Waals surface area contributed by atoms with E-state index in [1.165, 1.54) is 32.1 Å². The quantitative estimate of drug-likeness (QED) is 0.870. The maximum atomic E-state index is 10.7. The first-order valence-electron chi connectivity index (χ1n) is 7.96. The van der Waals surface area contributed by atoms with E-state index >= 15 is 0 Å². The molecule has 1 aromatic heterocycles. The van der Waals surface area contributed by atoms with Crippen molar-refractivity contribution in [2.75, 3.05) is 13.7 Å². The Morgan fingerprint density at radius 2 is 2.05 bits per heavy atom. The average molecular weight is 278 g/mol. The van der Waals surface area contributed by atoms with Gasteiger partial charge in [-0.15, -0.1) is 0 Å². The van der Waals surface area contributed by atoms with Gasteiger partial charge in [0.05, 0.1) is 23.9 Å². The fraction of sp³-hybridized carbons (Fsp3) is 0.812. The second-order valence-corrected chi connectivity index (χ2v) is 6.57. The highest BCUT2D eigenvalue weighted by molar-refractivity contribution is 5.08. The number of ether oxygens (including phenoxy) is 1. The third-order valence-corrected chi connectivity index (χ3v) is 4.83. The molecule has 1 aromatic rings. The predicted octanol–water partition coefficient (Wildman–Crippen LogP) is 2.72. The van der Waals surface area contributed by atoms with Crippen LogP contribution in [-0.2, 0) is 11.2 Å². The Hall–Kier alpha value is -0.870. The number of nitrogens with zero attached hydrogens (tertiary/aromatic N) is 2. The predicted molar refractivity (Wildman–Crippen MR) is 77.6 cm³/mol. The summed E-state index contributed by atoms with van der Waals surface area (Å²) in [5.41, 5.74) is 0.280. The highest BCUT2D eigenvalue weighted by atomic mass is 16.5. The Kier molecular flexibility index (Phi) is 4.13. The lowest BCUT2D eigenvalue weighted by Crippen LogP contribution is -2.39. The lowest BCUT2D eigenvalue weighted by Gasteiger charge is -2.26. The molecule has 1 atom stereocenters. The van der Waals surface area contributed by atoms with Crippen molar-refractivity contribution in [3.63, 3.8) is 0 Å². The number of aromatic nitrogens is 2. The molecule has 0 amide bonds. The molecule has 0 spiro atoms. The molecule has 20 heavy (non-hydrogen) atoms. The molecule has 112 valence electrons. The molecule has 2 aliphatic carbocycles. The lowest BCUT2D eigenvalue weighted by atomic mass is 9.93. The Morgan fingerprint density at radius 1 is 1.30 bits per heavy atom. The van der Waals surface area contributed by atoms with Crippen LogP contribution in [0, 0.1) is 5.92 Å². The van der Waals surface area contributed by atoms with Gasteiger partial charge in [-0.25, -0.2) is 0 Å². The van der Waals surface area contributed by atoms with Crippen molar-refractivity contribution in [2.45, 2.75) is 63.0 Å². The van der Waals surface area contributed by atoms with Crippen molar-refractivity contribution < 1.29 is 9.84 Å². The molecule has 1 N–H and O–H groups in total. The molecular formula is C16H26N2O2. The molecule has 4 heteroatoms. The minimum absolute atomic E-state index is 0.391. The van der Waals surface area contributed by atoms with Crippen LogP contribution in [0.25, 0.3) is 0 Å². The van der Waals surface area contributed by atoms with Crippen LogP contribution < -0.4 is 0 Å². The highest BCUT2D eigenvalue weighted by Crippen LogP contribution is 2.41. The molecule has 2 saturated carbocycles. The number of rotatable bonds is 6. The fourth-order valence-corrected chi connectivity index (χ4v) is 3.52. The van der Waals surface area contributed by atoms with Gasteiger partial charge in [-0.05, 0) is 37.7 Å². The molecular weight excluding hydrogens is 252 g/mol. The van der Waals surface area contributed by atoms with Crippen molar-refractivity contribution in [2.24, 2.45) is 5.92 Å². The molecule has 0 bridgehead atoms. The smallest absolute Gasteiger partial charge is 0.0963 e. The van der Waals surface area contributed by atoms with E-state index < -0.39 is 5.60 Å². The molecule has 1 unspecified atom stereocenters. The zero-order valence-electron chi connectivity index (χ0n) is 12.4. The summed E-state index contributed by atoms with van der Waals surface area (Å²) in [6.45, 7) is 0.411. The summed E-state index contributed by atoms with van der Waals surface area (Å²) in [5, 5.41) is 15.5. The Labute approximate surface area is 121 Å². The van der Waals surface area contributed by atoms with Gasteiger partial charge in [0, 0.05) is 19.7 Å². The number of methoxy groups -OCH3 is 1. The van der Waals surface area contributed by atoms with Crippen LogP contribution in [-0.4, -0.2) is 34.2 Å². The lowest BCUT2D eigenvalue weighted by molar-refractivity contribution is -0.0481. The first-order chi connectivity index (χ1) is 9.71. The van der Waals surface area contributed by atoms with Crippen LogP contribution in [0.2, 0.25) is 0 Å². The standard InChI is InChI=1S/C16H26N2O2/c1-20-12-16(19,13-7-8-13)11-14-9-10-18(17-14)15-5-3-2-4-6-15/h9-10,13,15,19H,2-8,11-12H2,1H3. The first kappa shape index (κ1) is 14.1. The maximum absolute atomic E-state index is 10.7. The van der Waals surface area contributed by atoms with E-state index in [1.807, 2.05) is 0 Å². The monoisotopic (exact) mass is 278 g/mol. The summed E-state index contributed by atoms with van der Waals surface area (Å²) in [6, 6.07) is 2.63. The molecule has 0 aliphatic heterocycles. The van der Waals surface area contributed by atoms with Crippen molar-refractivity contribution in [3.8, 4) is 0 Å². The Balaban J connectivity index is 1.66. The molecule has 0 radical (unpaired) electrons. The van der Waals surface area contributed by atoms with Crippen molar-refractivity contribution in [3.05, 3.63) is 18.0 Å². The number of aliphatic hydroxyl groups is 1. The van der Waals surface area contributed by atoms with Crippen LogP contribution >= 0.6 is 0 Å². The normalized spacial score (nSPS) is 23.7. The minimum Gasteiger partial charge on any atom is -0.387 e.